The van der Waals surface area contributed by atoms with Crippen LogP contribution in [0.1, 0.15) is 24.5 Å². The molecular weight excluding hydrogens is 286 g/mol. The van der Waals surface area contributed by atoms with Gasteiger partial charge in [0.1, 0.15) is 5.50 Å². The molecule has 3 N–H and O–H groups in total. The Kier molecular flexibility index (Phi) is 5.64. The molecule has 0 bridgehead atoms. The van der Waals surface area contributed by atoms with Gasteiger partial charge in [0.05, 0.1) is 5.75 Å². The molecule has 1 aromatic rings. The van der Waals surface area contributed by atoms with Crippen LogP contribution in [-0.4, -0.2) is 29.6 Å². The number of anilines is 1. The molecule has 0 saturated carbocycles. The normalized spacial score (nSPS) is 18.2. The van der Waals surface area contributed by atoms with E-state index >= 15 is 0 Å². The SMILES string of the molecule is CCc1cccc(C)c1NC(=O)CSC1NCCC(=O)N1. The van der Waals surface area contributed by atoms with E-state index in [1.165, 1.54) is 11.8 Å². The van der Waals surface area contributed by atoms with Crippen molar-refractivity contribution in [1.29, 1.82) is 0 Å². The number of nitrogens with one attached hydrogen (secondary N) is 3. The van der Waals surface area contributed by atoms with Crippen molar-refractivity contribution < 1.29 is 9.59 Å². The standard InChI is InChI=1S/C15H21N3O2S/c1-3-11-6-4-5-10(2)14(11)17-13(20)9-21-15-16-8-7-12(19)18-15/h4-6,15-16H,3,7-9H2,1-2H3,(H,17,20)(H,18,19). The van der Waals surface area contributed by atoms with Crippen LogP contribution in [0.25, 0.3) is 0 Å². The fourth-order valence-corrected chi connectivity index (χ4v) is 3.06. The molecule has 5 nitrogen and oxygen atoms in total. The summed E-state index contributed by atoms with van der Waals surface area (Å²) < 4.78 is 0. The van der Waals surface area contributed by atoms with Crippen molar-refractivity contribution in [2.45, 2.75) is 32.2 Å². The summed E-state index contributed by atoms with van der Waals surface area (Å²) in [5.41, 5.74) is 2.93. The number of benzene rings is 1. The third kappa shape index (κ3) is 4.47. The Labute approximate surface area is 129 Å². The van der Waals surface area contributed by atoms with Crippen molar-refractivity contribution in [3.63, 3.8) is 0 Å². The van der Waals surface area contributed by atoms with E-state index in [1.54, 1.807) is 0 Å². The number of carbonyl (C=O) groups excluding carboxylic acids is 2. The molecule has 1 heterocycles. The highest BCUT2D eigenvalue weighted by atomic mass is 32.2. The van der Waals surface area contributed by atoms with Gasteiger partial charge >= 0.3 is 0 Å². The number of aryl methyl sites for hydroxylation is 2. The third-order valence-electron chi connectivity index (χ3n) is 3.36. The number of rotatable bonds is 5. The number of amides is 2. The Morgan fingerprint density at radius 1 is 1.48 bits per heavy atom. The number of hydrogen-bond donors (Lipinski definition) is 3. The molecule has 1 fully saturated rings. The molecule has 0 spiro atoms. The second-order valence-corrected chi connectivity index (χ2v) is 6.07. The van der Waals surface area contributed by atoms with Crippen LogP contribution in [0.2, 0.25) is 0 Å². The average Bonchev–Trinajstić information content (AvgIpc) is 2.47. The highest BCUT2D eigenvalue weighted by Crippen LogP contribution is 2.21. The molecule has 0 aromatic heterocycles. The zero-order valence-corrected chi connectivity index (χ0v) is 13.2. The van der Waals surface area contributed by atoms with Crippen LogP contribution < -0.4 is 16.0 Å². The first-order chi connectivity index (χ1) is 10.1. The first kappa shape index (κ1) is 15.9. The molecule has 0 radical (unpaired) electrons. The fourth-order valence-electron chi connectivity index (χ4n) is 2.22. The monoisotopic (exact) mass is 307 g/mol. The number of para-hydroxylation sites is 1. The van der Waals surface area contributed by atoms with Crippen LogP contribution >= 0.6 is 11.8 Å². The van der Waals surface area contributed by atoms with Crippen molar-refractivity contribution in [3.05, 3.63) is 29.3 Å². The molecule has 1 atom stereocenters. The Bertz CT molecular complexity index is 534. The van der Waals surface area contributed by atoms with Crippen LogP contribution in [-0.2, 0) is 16.0 Å². The molecule has 2 amide bonds. The van der Waals surface area contributed by atoms with Crippen molar-refractivity contribution in [3.8, 4) is 0 Å². The van der Waals surface area contributed by atoms with E-state index in [0.29, 0.717) is 18.7 Å². The number of carbonyl (C=O) groups is 2. The molecule has 2 rings (SSSR count). The quantitative estimate of drug-likeness (QED) is 0.773. The summed E-state index contributed by atoms with van der Waals surface area (Å²) in [5.74, 6) is 0.277. The van der Waals surface area contributed by atoms with Gasteiger partial charge in [0, 0.05) is 18.7 Å². The maximum atomic E-state index is 12.1. The summed E-state index contributed by atoms with van der Waals surface area (Å²) in [6.45, 7) is 4.72. The van der Waals surface area contributed by atoms with Crippen molar-refractivity contribution in [1.82, 2.24) is 10.6 Å². The topological polar surface area (TPSA) is 70.2 Å². The Hall–Kier alpha value is -1.53. The van der Waals surface area contributed by atoms with E-state index in [2.05, 4.69) is 22.9 Å². The van der Waals surface area contributed by atoms with Crippen molar-refractivity contribution in [2.75, 3.05) is 17.6 Å². The van der Waals surface area contributed by atoms with E-state index in [1.807, 2.05) is 25.1 Å². The van der Waals surface area contributed by atoms with E-state index < -0.39 is 0 Å². The van der Waals surface area contributed by atoms with Crippen LogP contribution in [0, 0.1) is 6.92 Å². The van der Waals surface area contributed by atoms with Gasteiger partial charge in [-0.25, -0.2) is 0 Å². The maximum absolute atomic E-state index is 12.1. The smallest absolute Gasteiger partial charge is 0.234 e. The van der Waals surface area contributed by atoms with Crippen molar-refractivity contribution in [2.24, 2.45) is 0 Å². The molecule has 1 aliphatic rings. The maximum Gasteiger partial charge on any atom is 0.234 e. The van der Waals surface area contributed by atoms with E-state index in [4.69, 9.17) is 0 Å². The molecule has 1 saturated heterocycles. The van der Waals surface area contributed by atoms with Crippen LogP contribution in [0.5, 0.6) is 0 Å². The van der Waals surface area contributed by atoms with Gasteiger partial charge in [-0.3, -0.25) is 14.9 Å². The minimum absolute atomic E-state index is 0.0267. The molecule has 114 valence electrons. The lowest BCUT2D eigenvalue weighted by molar-refractivity contribution is -0.122. The summed E-state index contributed by atoms with van der Waals surface area (Å²) in [5, 5.41) is 8.94. The van der Waals surface area contributed by atoms with E-state index in [9.17, 15) is 9.59 Å². The van der Waals surface area contributed by atoms with Crippen LogP contribution in [0.4, 0.5) is 5.69 Å². The predicted octanol–water partition coefficient (Wildman–Crippen LogP) is 1.62. The molecule has 1 aromatic carbocycles. The zero-order chi connectivity index (χ0) is 15.2. The molecular formula is C15H21N3O2S. The number of hydrogen-bond acceptors (Lipinski definition) is 4. The lowest BCUT2D eigenvalue weighted by Gasteiger charge is -2.24. The van der Waals surface area contributed by atoms with Crippen molar-refractivity contribution >= 4 is 29.3 Å². The Morgan fingerprint density at radius 2 is 2.29 bits per heavy atom. The minimum Gasteiger partial charge on any atom is -0.332 e. The predicted molar refractivity (Wildman–Crippen MR) is 86.2 cm³/mol. The highest BCUT2D eigenvalue weighted by Gasteiger charge is 2.18. The third-order valence-corrected chi connectivity index (χ3v) is 4.41. The average molecular weight is 307 g/mol. The molecule has 21 heavy (non-hydrogen) atoms. The van der Waals surface area contributed by atoms with Gasteiger partial charge in [-0.15, -0.1) is 11.8 Å². The summed E-state index contributed by atoms with van der Waals surface area (Å²) in [4.78, 5) is 23.4. The summed E-state index contributed by atoms with van der Waals surface area (Å²) >= 11 is 1.39. The lowest BCUT2D eigenvalue weighted by atomic mass is 10.1. The van der Waals surface area contributed by atoms with Crippen LogP contribution in [0.3, 0.4) is 0 Å². The Morgan fingerprint density at radius 3 is 3.00 bits per heavy atom. The Balaban J connectivity index is 1.89. The highest BCUT2D eigenvalue weighted by molar-refractivity contribution is 8.00. The van der Waals surface area contributed by atoms with Gasteiger partial charge in [-0.05, 0) is 24.5 Å². The van der Waals surface area contributed by atoms with E-state index in [-0.39, 0.29) is 17.3 Å². The summed E-state index contributed by atoms with van der Waals surface area (Å²) in [6, 6.07) is 6.02. The second kappa shape index (κ2) is 7.47. The first-order valence-electron chi connectivity index (χ1n) is 7.13. The molecule has 1 unspecified atom stereocenters. The van der Waals surface area contributed by atoms with E-state index in [0.717, 1.165) is 23.2 Å². The van der Waals surface area contributed by atoms with Gasteiger partial charge in [0.15, 0.2) is 0 Å². The molecule has 0 aliphatic carbocycles. The van der Waals surface area contributed by atoms with Gasteiger partial charge in [0.2, 0.25) is 11.8 Å². The largest absolute Gasteiger partial charge is 0.332 e. The van der Waals surface area contributed by atoms with Gasteiger partial charge in [0.25, 0.3) is 0 Å². The second-order valence-electron chi connectivity index (χ2n) is 4.97. The van der Waals surface area contributed by atoms with Gasteiger partial charge < -0.3 is 10.6 Å². The molecule has 6 heteroatoms. The van der Waals surface area contributed by atoms with Crippen LogP contribution in [0.15, 0.2) is 18.2 Å². The zero-order valence-electron chi connectivity index (χ0n) is 12.4. The molecule has 1 aliphatic heterocycles. The summed E-state index contributed by atoms with van der Waals surface area (Å²) in [6.07, 6.45) is 1.37. The fraction of sp³-hybridized carbons (Fsp3) is 0.467. The minimum atomic E-state index is -0.181. The summed E-state index contributed by atoms with van der Waals surface area (Å²) in [7, 11) is 0. The lowest BCUT2D eigenvalue weighted by Crippen LogP contribution is -2.49. The first-order valence-corrected chi connectivity index (χ1v) is 8.17. The van der Waals surface area contributed by atoms with Gasteiger partial charge in [-0.2, -0.15) is 0 Å². The number of thioether (sulfide) groups is 1. The van der Waals surface area contributed by atoms with Gasteiger partial charge in [-0.1, -0.05) is 25.1 Å².